The van der Waals surface area contributed by atoms with Crippen molar-refractivity contribution in [3.8, 4) is 22.9 Å². The minimum absolute atomic E-state index is 0.0145. The molecule has 0 bridgehead atoms. The second-order valence-electron chi connectivity index (χ2n) is 7.42. The first-order chi connectivity index (χ1) is 15.5. The van der Waals surface area contributed by atoms with Gasteiger partial charge in [0.15, 0.2) is 0 Å². The summed E-state index contributed by atoms with van der Waals surface area (Å²) in [5, 5.41) is 4.65. The number of aromatic nitrogens is 2. The third kappa shape index (κ3) is 4.20. The van der Waals surface area contributed by atoms with E-state index in [0.29, 0.717) is 41.2 Å². The van der Waals surface area contributed by atoms with E-state index >= 15 is 0 Å². The predicted octanol–water partition coefficient (Wildman–Crippen LogP) is 5.84. The predicted molar refractivity (Wildman–Crippen MR) is 117 cm³/mol. The Morgan fingerprint density at radius 1 is 1.03 bits per heavy atom. The fourth-order valence-electron chi connectivity index (χ4n) is 3.60. The number of rotatable bonds is 5. The maximum Gasteiger partial charge on any atom is 0.232 e. The molecule has 3 aromatic carbocycles. The molecule has 1 amide bonds. The van der Waals surface area contributed by atoms with Gasteiger partial charge in [0, 0.05) is 29.2 Å². The molecular formula is C24H17ClFN3O3. The summed E-state index contributed by atoms with van der Waals surface area (Å²) in [5.74, 6) is 1.47. The summed E-state index contributed by atoms with van der Waals surface area (Å²) in [4.78, 5) is 18.7. The first kappa shape index (κ1) is 20.2. The molecule has 1 atom stereocenters. The van der Waals surface area contributed by atoms with Crippen LogP contribution in [0.2, 0.25) is 5.02 Å². The SMILES string of the molecule is O=C1C[C@H](c2nc(-c3ccc(Oc4ccc(F)cc4)cc3)no2)CN1c1cccc(Cl)c1. The van der Waals surface area contributed by atoms with E-state index in [4.69, 9.17) is 20.9 Å². The van der Waals surface area contributed by atoms with E-state index in [9.17, 15) is 9.18 Å². The molecule has 1 aromatic heterocycles. The van der Waals surface area contributed by atoms with Crippen molar-refractivity contribution in [1.29, 1.82) is 0 Å². The van der Waals surface area contributed by atoms with Gasteiger partial charge in [-0.2, -0.15) is 4.98 Å². The van der Waals surface area contributed by atoms with Gasteiger partial charge in [0.2, 0.25) is 17.6 Å². The molecule has 1 saturated heterocycles. The molecule has 8 heteroatoms. The summed E-state index contributed by atoms with van der Waals surface area (Å²) in [6.45, 7) is 0.450. The second kappa shape index (κ2) is 8.43. The van der Waals surface area contributed by atoms with Crippen molar-refractivity contribution in [2.45, 2.75) is 12.3 Å². The molecule has 0 N–H and O–H groups in total. The quantitative estimate of drug-likeness (QED) is 0.382. The number of carbonyl (C=O) groups excluding carboxylic acids is 1. The number of hydrogen-bond donors (Lipinski definition) is 0. The largest absolute Gasteiger partial charge is 0.457 e. The minimum Gasteiger partial charge on any atom is -0.457 e. The van der Waals surface area contributed by atoms with Gasteiger partial charge >= 0.3 is 0 Å². The van der Waals surface area contributed by atoms with Crippen LogP contribution in [0.4, 0.5) is 10.1 Å². The second-order valence-corrected chi connectivity index (χ2v) is 7.86. The highest BCUT2D eigenvalue weighted by molar-refractivity contribution is 6.30. The number of amides is 1. The maximum absolute atomic E-state index is 13.0. The van der Waals surface area contributed by atoms with Crippen LogP contribution in [0.5, 0.6) is 11.5 Å². The van der Waals surface area contributed by atoms with Crippen molar-refractivity contribution in [3.63, 3.8) is 0 Å². The Kier molecular flexibility index (Phi) is 5.33. The molecule has 1 fully saturated rings. The number of carbonyl (C=O) groups is 1. The van der Waals surface area contributed by atoms with Crippen LogP contribution in [0, 0.1) is 5.82 Å². The van der Waals surface area contributed by atoms with E-state index in [1.807, 2.05) is 24.3 Å². The molecule has 160 valence electrons. The lowest BCUT2D eigenvalue weighted by Crippen LogP contribution is -2.24. The fraction of sp³-hybridized carbons (Fsp3) is 0.125. The molecule has 5 rings (SSSR count). The normalized spacial score (nSPS) is 15.9. The van der Waals surface area contributed by atoms with Gasteiger partial charge in [-0.25, -0.2) is 4.39 Å². The smallest absolute Gasteiger partial charge is 0.232 e. The molecule has 4 aromatic rings. The van der Waals surface area contributed by atoms with Crippen LogP contribution in [0.25, 0.3) is 11.4 Å². The molecule has 0 aliphatic carbocycles. The van der Waals surface area contributed by atoms with E-state index in [-0.39, 0.29) is 17.6 Å². The first-order valence-corrected chi connectivity index (χ1v) is 10.4. The highest BCUT2D eigenvalue weighted by Crippen LogP contribution is 2.33. The summed E-state index contributed by atoms with van der Waals surface area (Å²) in [6.07, 6.45) is 0.290. The van der Waals surface area contributed by atoms with E-state index in [1.54, 1.807) is 41.3 Å². The van der Waals surface area contributed by atoms with E-state index in [2.05, 4.69) is 10.1 Å². The number of anilines is 1. The Labute approximate surface area is 188 Å². The van der Waals surface area contributed by atoms with Crippen molar-refractivity contribution < 1.29 is 18.4 Å². The Morgan fingerprint density at radius 2 is 1.75 bits per heavy atom. The van der Waals surface area contributed by atoms with Crippen molar-refractivity contribution in [1.82, 2.24) is 10.1 Å². The summed E-state index contributed by atoms with van der Waals surface area (Å²) >= 11 is 6.06. The van der Waals surface area contributed by atoms with Gasteiger partial charge in [-0.3, -0.25) is 4.79 Å². The average molecular weight is 450 g/mol. The van der Waals surface area contributed by atoms with Crippen LogP contribution in [0.3, 0.4) is 0 Å². The van der Waals surface area contributed by atoms with Crippen LogP contribution in [-0.4, -0.2) is 22.6 Å². The van der Waals surface area contributed by atoms with E-state index < -0.39 is 0 Å². The lowest BCUT2D eigenvalue weighted by Gasteiger charge is -2.16. The van der Waals surface area contributed by atoms with Crippen LogP contribution < -0.4 is 9.64 Å². The van der Waals surface area contributed by atoms with Crippen molar-refractivity contribution in [2.75, 3.05) is 11.4 Å². The molecule has 6 nitrogen and oxygen atoms in total. The average Bonchev–Trinajstić information content (AvgIpc) is 3.43. The minimum atomic E-state index is -0.319. The third-order valence-electron chi connectivity index (χ3n) is 5.20. The number of ether oxygens (including phenoxy) is 1. The fourth-order valence-corrected chi connectivity index (χ4v) is 3.78. The van der Waals surface area contributed by atoms with Crippen LogP contribution in [0.1, 0.15) is 18.2 Å². The van der Waals surface area contributed by atoms with Gasteiger partial charge in [-0.05, 0) is 66.7 Å². The molecule has 1 aliphatic heterocycles. The lowest BCUT2D eigenvalue weighted by atomic mass is 10.1. The number of nitrogens with zero attached hydrogens (tertiary/aromatic N) is 3. The van der Waals surface area contributed by atoms with Crippen molar-refractivity contribution in [2.24, 2.45) is 0 Å². The Bertz CT molecular complexity index is 1260. The molecule has 0 unspecified atom stereocenters. The monoisotopic (exact) mass is 449 g/mol. The van der Waals surface area contributed by atoms with Crippen LogP contribution in [-0.2, 0) is 4.79 Å². The zero-order chi connectivity index (χ0) is 22.1. The van der Waals surface area contributed by atoms with Gasteiger partial charge < -0.3 is 14.2 Å². The van der Waals surface area contributed by atoms with E-state index in [0.717, 1.165) is 11.3 Å². The zero-order valence-corrected chi connectivity index (χ0v) is 17.5. The summed E-state index contributed by atoms with van der Waals surface area (Å²) in [7, 11) is 0. The Balaban J connectivity index is 1.28. The molecule has 32 heavy (non-hydrogen) atoms. The van der Waals surface area contributed by atoms with Crippen molar-refractivity contribution >= 4 is 23.2 Å². The van der Waals surface area contributed by atoms with Gasteiger partial charge in [0.25, 0.3) is 0 Å². The maximum atomic E-state index is 13.0. The van der Waals surface area contributed by atoms with Crippen LogP contribution >= 0.6 is 11.6 Å². The zero-order valence-electron chi connectivity index (χ0n) is 16.7. The summed E-state index contributed by atoms with van der Waals surface area (Å²) < 4.78 is 24.2. The molecule has 0 radical (unpaired) electrons. The van der Waals surface area contributed by atoms with E-state index in [1.165, 1.54) is 12.1 Å². The lowest BCUT2D eigenvalue weighted by molar-refractivity contribution is -0.117. The standard InChI is InChI=1S/C24H17ClFN3O3/c25-17-2-1-3-19(13-17)29-14-16(12-22(29)30)24-27-23(28-32-24)15-4-8-20(9-5-15)31-21-10-6-18(26)7-11-21/h1-11,13,16H,12,14H2/t16-/m0/s1. The molecule has 0 spiro atoms. The molecule has 1 aliphatic rings. The van der Waals surface area contributed by atoms with Crippen molar-refractivity contribution in [3.05, 3.63) is 89.5 Å². The van der Waals surface area contributed by atoms with Gasteiger partial charge in [-0.15, -0.1) is 0 Å². The number of hydrogen-bond acceptors (Lipinski definition) is 5. The van der Waals surface area contributed by atoms with Crippen LogP contribution in [0.15, 0.2) is 77.3 Å². The Hall–Kier alpha value is -3.71. The number of halogens is 2. The molecular weight excluding hydrogens is 433 g/mol. The highest BCUT2D eigenvalue weighted by atomic mass is 35.5. The topological polar surface area (TPSA) is 68.5 Å². The van der Waals surface area contributed by atoms with Gasteiger partial charge in [-0.1, -0.05) is 22.8 Å². The molecule has 2 heterocycles. The van der Waals surface area contributed by atoms with Gasteiger partial charge in [0.05, 0.1) is 5.92 Å². The van der Waals surface area contributed by atoms with Gasteiger partial charge in [0.1, 0.15) is 17.3 Å². The molecule has 0 saturated carbocycles. The summed E-state index contributed by atoms with van der Waals surface area (Å²) in [5.41, 5.74) is 1.50. The Morgan fingerprint density at radius 3 is 2.47 bits per heavy atom. The number of benzene rings is 3. The first-order valence-electron chi connectivity index (χ1n) is 9.98. The highest BCUT2D eigenvalue weighted by Gasteiger charge is 2.35. The third-order valence-corrected chi connectivity index (χ3v) is 5.43. The summed E-state index contributed by atoms with van der Waals surface area (Å²) in [6, 6.07) is 20.2.